The molecule has 1 aromatic heterocycles. The van der Waals surface area contributed by atoms with Crippen LogP contribution < -0.4 is 15.5 Å². The average molecular weight is 503 g/mol. The van der Waals surface area contributed by atoms with Gasteiger partial charge in [-0.2, -0.15) is 0 Å². The molecule has 1 aliphatic rings. The van der Waals surface area contributed by atoms with Gasteiger partial charge in [0.25, 0.3) is 0 Å². The molecule has 0 aliphatic carbocycles. The first-order valence-corrected chi connectivity index (χ1v) is 12.8. The van der Waals surface area contributed by atoms with Crippen molar-refractivity contribution in [1.29, 1.82) is 0 Å². The van der Waals surface area contributed by atoms with Crippen LogP contribution in [0.2, 0.25) is 5.02 Å². The van der Waals surface area contributed by atoms with Crippen LogP contribution in [0.15, 0.2) is 72.8 Å². The smallest absolute Gasteiger partial charge is 0.221 e. The molecule has 186 valence electrons. The van der Waals surface area contributed by atoms with Gasteiger partial charge < -0.3 is 15.5 Å². The number of piperazine rings is 1. The summed E-state index contributed by atoms with van der Waals surface area (Å²) in [5.41, 5.74) is 5.07. The number of amides is 1. The minimum Gasteiger partial charge on any atom is -0.369 e. The van der Waals surface area contributed by atoms with Crippen molar-refractivity contribution in [2.75, 3.05) is 54.8 Å². The molecule has 4 aromatic rings. The summed E-state index contributed by atoms with van der Waals surface area (Å²) in [6, 6.07) is 24.1. The first kappa shape index (κ1) is 24.2. The van der Waals surface area contributed by atoms with Crippen LogP contribution in [-0.4, -0.2) is 59.6 Å². The number of hydrogen-bond donors (Lipinski definition) is 2. The van der Waals surface area contributed by atoms with Crippen LogP contribution in [0.4, 0.5) is 17.3 Å². The van der Waals surface area contributed by atoms with E-state index in [4.69, 9.17) is 16.6 Å². The number of nitrogens with zero attached hydrogens (tertiary/aromatic N) is 4. The second kappa shape index (κ2) is 11.0. The standard InChI is InChI=1S/C28H31ClN6O/c1-21(36)31-23-6-4-7-25(20-23)34-18-16-33(17-19-34)15-5-14-30-28-32-26-8-2-3-9-27(26)35(28)24-12-10-22(29)11-13-24/h2-4,6-13,20H,5,14-19H2,1H3,(H,30,32)(H,31,36). The number of hydrogen-bond acceptors (Lipinski definition) is 5. The van der Waals surface area contributed by atoms with E-state index in [9.17, 15) is 4.79 Å². The normalized spacial score (nSPS) is 14.2. The Balaban J connectivity index is 1.15. The lowest BCUT2D eigenvalue weighted by molar-refractivity contribution is -0.114. The van der Waals surface area contributed by atoms with Crippen molar-refractivity contribution in [2.45, 2.75) is 13.3 Å². The molecule has 8 heteroatoms. The molecule has 1 aliphatic heterocycles. The van der Waals surface area contributed by atoms with Gasteiger partial charge in [-0.25, -0.2) is 4.98 Å². The van der Waals surface area contributed by atoms with E-state index in [1.54, 1.807) is 0 Å². The molecule has 0 spiro atoms. The third kappa shape index (κ3) is 5.64. The molecular weight excluding hydrogens is 472 g/mol. The van der Waals surface area contributed by atoms with Crippen molar-refractivity contribution < 1.29 is 4.79 Å². The van der Waals surface area contributed by atoms with Crippen LogP contribution in [0.5, 0.6) is 0 Å². The van der Waals surface area contributed by atoms with E-state index in [-0.39, 0.29) is 5.91 Å². The predicted molar refractivity (Wildman–Crippen MR) is 149 cm³/mol. The number of benzene rings is 3. The highest BCUT2D eigenvalue weighted by molar-refractivity contribution is 6.30. The molecule has 5 rings (SSSR count). The van der Waals surface area contributed by atoms with Crippen molar-refractivity contribution in [1.82, 2.24) is 14.5 Å². The van der Waals surface area contributed by atoms with Gasteiger partial charge in [-0.3, -0.25) is 14.3 Å². The molecule has 0 unspecified atom stereocenters. The van der Waals surface area contributed by atoms with Crippen LogP contribution >= 0.6 is 11.6 Å². The molecule has 0 saturated carbocycles. The topological polar surface area (TPSA) is 65.4 Å². The van der Waals surface area contributed by atoms with E-state index in [1.165, 1.54) is 6.92 Å². The third-order valence-electron chi connectivity index (χ3n) is 6.48. The molecule has 3 aromatic carbocycles. The first-order chi connectivity index (χ1) is 17.6. The Kier molecular flexibility index (Phi) is 7.39. The number of imidazole rings is 1. The number of aromatic nitrogens is 2. The Morgan fingerprint density at radius 2 is 1.72 bits per heavy atom. The average Bonchev–Trinajstić information content (AvgIpc) is 3.25. The van der Waals surface area contributed by atoms with Crippen LogP contribution in [-0.2, 0) is 4.79 Å². The fourth-order valence-corrected chi connectivity index (χ4v) is 4.84. The van der Waals surface area contributed by atoms with Gasteiger partial charge in [-0.1, -0.05) is 29.8 Å². The monoisotopic (exact) mass is 502 g/mol. The van der Waals surface area contributed by atoms with E-state index in [0.29, 0.717) is 0 Å². The summed E-state index contributed by atoms with van der Waals surface area (Å²) in [5, 5.41) is 7.15. The summed E-state index contributed by atoms with van der Waals surface area (Å²) in [6.07, 6.45) is 1.03. The predicted octanol–water partition coefficient (Wildman–Crippen LogP) is 5.26. The van der Waals surface area contributed by atoms with Gasteiger partial charge in [0.05, 0.1) is 11.0 Å². The molecule has 0 atom stereocenters. The Bertz CT molecular complexity index is 1330. The second-order valence-corrected chi connectivity index (χ2v) is 9.51. The van der Waals surface area contributed by atoms with Crippen molar-refractivity contribution in [2.24, 2.45) is 0 Å². The fraction of sp³-hybridized carbons (Fsp3) is 0.286. The van der Waals surface area contributed by atoms with Gasteiger partial charge in [0, 0.05) is 61.7 Å². The van der Waals surface area contributed by atoms with Gasteiger partial charge in [0.2, 0.25) is 11.9 Å². The van der Waals surface area contributed by atoms with Crippen molar-refractivity contribution >= 4 is 45.9 Å². The molecule has 7 nitrogen and oxygen atoms in total. The number of halogens is 1. The third-order valence-corrected chi connectivity index (χ3v) is 6.74. The van der Waals surface area contributed by atoms with Gasteiger partial charge in [-0.05, 0) is 67.6 Å². The highest BCUT2D eigenvalue weighted by Gasteiger charge is 2.18. The van der Waals surface area contributed by atoms with Gasteiger partial charge in [0.15, 0.2) is 0 Å². The number of anilines is 3. The number of fused-ring (bicyclic) bond motifs is 1. The van der Waals surface area contributed by atoms with Crippen LogP contribution in [0.25, 0.3) is 16.7 Å². The summed E-state index contributed by atoms with van der Waals surface area (Å²) in [4.78, 5) is 21.1. The number of para-hydroxylation sites is 2. The maximum Gasteiger partial charge on any atom is 0.221 e. The molecule has 2 N–H and O–H groups in total. The van der Waals surface area contributed by atoms with E-state index in [1.807, 2.05) is 60.7 Å². The molecule has 1 fully saturated rings. The molecule has 2 heterocycles. The maximum atomic E-state index is 11.4. The van der Waals surface area contributed by atoms with Crippen LogP contribution in [0.1, 0.15) is 13.3 Å². The number of nitrogens with one attached hydrogen (secondary N) is 2. The van der Waals surface area contributed by atoms with Crippen molar-refractivity contribution in [3.63, 3.8) is 0 Å². The van der Waals surface area contributed by atoms with Gasteiger partial charge >= 0.3 is 0 Å². The lowest BCUT2D eigenvalue weighted by atomic mass is 10.2. The Morgan fingerprint density at radius 1 is 0.944 bits per heavy atom. The summed E-state index contributed by atoms with van der Waals surface area (Å²) < 4.78 is 2.15. The SMILES string of the molecule is CC(=O)Nc1cccc(N2CCN(CCCNc3nc4ccccc4n3-c3ccc(Cl)cc3)CC2)c1. The zero-order valence-corrected chi connectivity index (χ0v) is 21.2. The van der Waals surface area contributed by atoms with Crippen molar-refractivity contribution in [3.8, 4) is 5.69 Å². The van der Waals surface area contributed by atoms with Gasteiger partial charge in [-0.15, -0.1) is 0 Å². The largest absolute Gasteiger partial charge is 0.369 e. The van der Waals surface area contributed by atoms with Gasteiger partial charge in [0.1, 0.15) is 0 Å². The van der Waals surface area contributed by atoms with Crippen LogP contribution in [0, 0.1) is 0 Å². The summed E-state index contributed by atoms with van der Waals surface area (Å²) in [6.45, 7) is 7.41. The maximum absolute atomic E-state index is 11.4. The molecule has 1 saturated heterocycles. The zero-order chi connectivity index (χ0) is 24.9. The minimum absolute atomic E-state index is 0.0469. The van der Waals surface area contributed by atoms with E-state index in [0.717, 1.165) is 84.8 Å². The highest BCUT2D eigenvalue weighted by Crippen LogP contribution is 2.26. The van der Waals surface area contributed by atoms with E-state index in [2.05, 4.69) is 37.1 Å². The molecule has 0 radical (unpaired) electrons. The summed E-state index contributed by atoms with van der Waals surface area (Å²) in [5.74, 6) is 0.803. The molecule has 1 amide bonds. The highest BCUT2D eigenvalue weighted by atomic mass is 35.5. The second-order valence-electron chi connectivity index (χ2n) is 9.08. The quantitative estimate of drug-likeness (QED) is 0.322. The minimum atomic E-state index is -0.0469. The summed E-state index contributed by atoms with van der Waals surface area (Å²) >= 11 is 6.11. The number of carbonyl (C=O) groups excluding carboxylic acids is 1. The van der Waals surface area contributed by atoms with E-state index < -0.39 is 0 Å². The Labute approximate surface area is 216 Å². The lowest BCUT2D eigenvalue weighted by Crippen LogP contribution is -2.46. The molecule has 0 bridgehead atoms. The van der Waals surface area contributed by atoms with E-state index >= 15 is 0 Å². The van der Waals surface area contributed by atoms with Crippen LogP contribution in [0.3, 0.4) is 0 Å². The molecule has 36 heavy (non-hydrogen) atoms. The van der Waals surface area contributed by atoms with Crippen molar-refractivity contribution in [3.05, 3.63) is 77.8 Å². The molecular formula is C28H31ClN6O. The first-order valence-electron chi connectivity index (χ1n) is 12.4. The number of rotatable bonds is 8. The Hall–Kier alpha value is -3.55. The number of carbonyl (C=O) groups is 1. The lowest BCUT2D eigenvalue weighted by Gasteiger charge is -2.36. The fourth-order valence-electron chi connectivity index (χ4n) is 4.71. The zero-order valence-electron chi connectivity index (χ0n) is 20.5. The summed E-state index contributed by atoms with van der Waals surface area (Å²) in [7, 11) is 0. The Morgan fingerprint density at radius 3 is 2.50 bits per heavy atom.